The van der Waals surface area contributed by atoms with E-state index in [2.05, 4.69) is 22.2 Å². The molecule has 1 N–H and O–H groups in total. The number of carbonyl (C=O) groups is 1. The fourth-order valence-electron chi connectivity index (χ4n) is 3.84. The lowest BCUT2D eigenvalue weighted by molar-refractivity contribution is 0.168. The third-order valence-corrected chi connectivity index (χ3v) is 5.51. The number of carbonyl (C=O) groups excluding carboxylic acids is 1. The van der Waals surface area contributed by atoms with Crippen LogP contribution in [0.25, 0.3) is 0 Å². The van der Waals surface area contributed by atoms with Crippen molar-refractivity contribution in [2.45, 2.75) is 32.7 Å². The summed E-state index contributed by atoms with van der Waals surface area (Å²) in [5.74, 6) is 1.49. The first-order valence-corrected chi connectivity index (χ1v) is 8.74. The highest BCUT2D eigenvalue weighted by Crippen LogP contribution is 2.31. The monoisotopic (exact) mass is 316 g/mol. The van der Waals surface area contributed by atoms with E-state index in [9.17, 15) is 4.79 Å². The van der Waals surface area contributed by atoms with Gasteiger partial charge in [0.1, 0.15) is 0 Å². The van der Waals surface area contributed by atoms with Gasteiger partial charge in [0.05, 0.1) is 0 Å². The predicted molar refractivity (Wildman–Crippen MR) is 91.1 cm³/mol. The smallest absolute Gasteiger partial charge is 0.317 e. The first-order chi connectivity index (χ1) is 11.1. The minimum absolute atomic E-state index is 0.0802. The molecule has 0 aliphatic carbocycles. The van der Waals surface area contributed by atoms with Gasteiger partial charge < -0.3 is 15.1 Å². The third-order valence-electron chi connectivity index (χ3n) is 5.51. The lowest BCUT2D eigenvalue weighted by Crippen LogP contribution is -2.39. The summed E-state index contributed by atoms with van der Waals surface area (Å²) < 4.78 is 0. The number of rotatable bonds is 3. The van der Waals surface area contributed by atoms with Crippen molar-refractivity contribution < 1.29 is 4.79 Å². The first kappa shape index (κ1) is 16.2. The number of nitrogens with zero attached hydrogens (tertiary/aromatic N) is 3. The van der Waals surface area contributed by atoms with E-state index < -0.39 is 0 Å². The lowest BCUT2D eigenvalue weighted by atomic mass is 9.84. The molecule has 1 aromatic rings. The molecule has 0 bridgehead atoms. The molecule has 0 radical (unpaired) electrons. The second-order valence-electron chi connectivity index (χ2n) is 7.10. The summed E-state index contributed by atoms with van der Waals surface area (Å²) in [5.41, 5.74) is 2.26. The van der Waals surface area contributed by atoms with Gasteiger partial charge in [-0.05, 0) is 75.4 Å². The molecular weight excluding hydrogens is 288 g/mol. The third kappa shape index (κ3) is 4.02. The normalized spacial score (nSPS) is 23.2. The second kappa shape index (κ2) is 7.30. The number of likely N-dealkylation sites (tertiary alicyclic amines) is 2. The van der Waals surface area contributed by atoms with Gasteiger partial charge >= 0.3 is 6.03 Å². The van der Waals surface area contributed by atoms with Crippen LogP contribution in [0, 0.1) is 18.8 Å². The van der Waals surface area contributed by atoms with Gasteiger partial charge in [0, 0.05) is 32.0 Å². The minimum Gasteiger partial charge on any atom is -0.334 e. The molecular formula is C18H28N4O. The van der Waals surface area contributed by atoms with Crippen molar-refractivity contribution in [3.63, 3.8) is 0 Å². The summed E-state index contributed by atoms with van der Waals surface area (Å²) >= 11 is 0. The Morgan fingerprint density at radius 1 is 1.26 bits per heavy atom. The van der Waals surface area contributed by atoms with Crippen LogP contribution in [0.1, 0.15) is 30.4 Å². The van der Waals surface area contributed by atoms with Crippen molar-refractivity contribution in [3.8, 4) is 0 Å². The number of nitrogens with one attached hydrogen (secondary N) is 1. The molecule has 2 saturated heterocycles. The van der Waals surface area contributed by atoms with Crippen molar-refractivity contribution >= 4 is 6.03 Å². The zero-order chi connectivity index (χ0) is 16.2. The number of hydrogen-bond donors (Lipinski definition) is 1. The van der Waals surface area contributed by atoms with Gasteiger partial charge in [-0.2, -0.15) is 0 Å². The molecule has 2 amide bonds. The number of hydrogen-bond acceptors (Lipinski definition) is 3. The molecule has 0 saturated carbocycles. The summed E-state index contributed by atoms with van der Waals surface area (Å²) in [6.45, 7) is 6.85. The van der Waals surface area contributed by atoms with Crippen LogP contribution >= 0.6 is 0 Å². The molecule has 1 aromatic heterocycles. The average molecular weight is 316 g/mol. The Bertz CT molecular complexity index is 540. The molecule has 23 heavy (non-hydrogen) atoms. The maximum absolute atomic E-state index is 12.4. The average Bonchev–Trinajstić information content (AvgIpc) is 3.04. The molecule has 2 fully saturated rings. The molecule has 2 aliphatic rings. The SMILES string of the molecule is Cc1cnccc1CNC(=O)N1CC[C@H](C2CCN(C)CC2)C1. The Hall–Kier alpha value is -1.62. The van der Waals surface area contributed by atoms with E-state index in [1.165, 1.54) is 25.9 Å². The highest BCUT2D eigenvalue weighted by atomic mass is 16.2. The topological polar surface area (TPSA) is 48.5 Å². The highest BCUT2D eigenvalue weighted by molar-refractivity contribution is 5.74. The van der Waals surface area contributed by atoms with Crippen LogP contribution in [-0.4, -0.2) is 54.0 Å². The maximum atomic E-state index is 12.4. The van der Waals surface area contributed by atoms with Crippen LogP contribution in [0.3, 0.4) is 0 Å². The van der Waals surface area contributed by atoms with Crippen LogP contribution in [0.15, 0.2) is 18.5 Å². The van der Waals surface area contributed by atoms with Crippen LogP contribution < -0.4 is 5.32 Å². The van der Waals surface area contributed by atoms with Crippen LogP contribution in [0.5, 0.6) is 0 Å². The molecule has 5 nitrogen and oxygen atoms in total. The van der Waals surface area contributed by atoms with E-state index in [4.69, 9.17) is 0 Å². The Labute approximate surface area is 139 Å². The highest BCUT2D eigenvalue weighted by Gasteiger charge is 2.33. The lowest BCUT2D eigenvalue weighted by Gasteiger charge is -2.32. The van der Waals surface area contributed by atoms with Crippen molar-refractivity contribution in [1.82, 2.24) is 20.1 Å². The molecule has 3 rings (SSSR count). The second-order valence-corrected chi connectivity index (χ2v) is 7.10. The fourth-order valence-corrected chi connectivity index (χ4v) is 3.84. The van der Waals surface area contributed by atoms with Crippen molar-refractivity contribution in [2.24, 2.45) is 11.8 Å². The van der Waals surface area contributed by atoms with Crippen molar-refractivity contribution in [2.75, 3.05) is 33.2 Å². The molecule has 0 unspecified atom stereocenters. The van der Waals surface area contributed by atoms with Crippen molar-refractivity contribution in [1.29, 1.82) is 0 Å². The standard InChI is InChI=1S/C18H28N4O/c1-14-11-19-7-3-16(14)12-20-18(23)22-10-6-17(13-22)15-4-8-21(2)9-5-15/h3,7,11,15,17H,4-6,8-10,12-13H2,1-2H3,(H,20,23)/t17-/m0/s1. The Kier molecular flexibility index (Phi) is 5.16. The van der Waals surface area contributed by atoms with Gasteiger partial charge in [-0.3, -0.25) is 4.98 Å². The number of piperidine rings is 1. The van der Waals surface area contributed by atoms with E-state index in [1.54, 1.807) is 6.20 Å². The van der Waals surface area contributed by atoms with Gasteiger partial charge in [-0.25, -0.2) is 4.79 Å². The molecule has 0 spiro atoms. The van der Waals surface area contributed by atoms with Gasteiger partial charge in [0.2, 0.25) is 0 Å². The molecule has 126 valence electrons. The van der Waals surface area contributed by atoms with E-state index in [1.807, 2.05) is 24.1 Å². The number of pyridine rings is 1. The van der Waals surface area contributed by atoms with Gasteiger partial charge in [-0.1, -0.05) is 0 Å². The number of urea groups is 1. The van der Waals surface area contributed by atoms with Gasteiger partial charge in [0.25, 0.3) is 0 Å². The molecule has 0 aromatic carbocycles. The summed E-state index contributed by atoms with van der Waals surface area (Å²) in [4.78, 5) is 20.9. The first-order valence-electron chi connectivity index (χ1n) is 8.74. The summed E-state index contributed by atoms with van der Waals surface area (Å²) in [7, 11) is 2.20. The van der Waals surface area contributed by atoms with E-state index in [-0.39, 0.29) is 6.03 Å². The quantitative estimate of drug-likeness (QED) is 0.930. The minimum atomic E-state index is 0.0802. The van der Waals surface area contributed by atoms with Crippen LogP contribution in [-0.2, 0) is 6.54 Å². The molecule has 2 aliphatic heterocycles. The number of aromatic nitrogens is 1. The van der Waals surface area contributed by atoms with E-state index >= 15 is 0 Å². The van der Waals surface area contributed by atoms with E-state index in [0.717, 1.165) is 36.6 Å². The number of aryl methyl sites for hydroxylation is 1. The van der Waals surface area contributed by atoms with Crippen molar-refractivity contribution in [3.05, 3.63) is 29.6 Å². The Balaban J connectivity index is 1.47. The summed E-state index contributed by atoms with van der Waals surface area (Å²) in [5, 5.41) is 3.06. The van der Waals surface area contributed by atoms with E-state index in [0.29, 0.717) is 12.5 Å². The molecule has 3 heterocycles. The summed E-state index contributed by atoms with van der Waals surface area (Å²) in [6, 6.07) is 2.05. The van der Waals surface area contributed by atoms with Gasteiger partial charge in [-0.15, -0.1) is 0 Å². The fraction of sp³-hybridized carbons (Fsp3) is 0.667. The predicted octanol–water partition coefficient (Wildman–Crippen LogP) is 2.26. The number of amides is 2. The van der Waals surface area contributed by atoms with Gasteiger partial charge in [0.15, 0.2) is 0 Å². The maximum Gasteiger partial charge on any atom is 0.317 e. The molecule has 5 heteroatoms. The molecule has 1 atom stereocenters. The van der Waals surface area contributed by atoms with Crippen LogP contribution in [0.2, 0.25) is 0 Å². The zero-order valence-electron chi connectivity index (χ0n) is 14.3. The van der Waals surface area contributed by atoms with Crippen LogP contribution in [0.4, 0.5) is 4.79 Å². The summed E-state index contributed by atoms with van der Waals surface area (Å²) in [6.07, 6.45) is 7.35. The largest absolute Gasteiger partial charge is 0.334 e. The Morgan fingerprint density at radius 3 is 2.74 bits per heavy atom. The Morgan fingerprint density at radius 2 is 2.00 bits per heavy atom. The zero-order valence-corrected chi connectivity index (χ0v) is 14.3.